The van der Waals surface area contributed by atoms with Crippen molar-refractivity contribution in [3.63, 3.8) is 0 Å². The van der Waals surface area contributed by atoms with Gasteiger partial charge < -0.3 is 14.2 Å². The number of halogens is 1. The highest BCUT2D eigenvalue weighted by Crippen LogP contribution is 2.35. The number of benzene rings is 1. The minimum atomic E-state index is 0.378. The predicted molar refractivity (Wildman–Crippen MR) is 55.7 cm³/mol. The molecule has 0 saturated heterocycles. The van der Waals surface area contributed by atoms with Gasteiger partial charge >= 0.3 is 0 Å². The summed E-state index contributed by atoms with van der Waals surface area (Å²) in [6, 6.07) is 3.57. The molecule has 14 heavy (non-hydrogen) atoms. The van der Waals surface area contributed by atoms with Gasteiger partial charge in [-0.05, 0) is 6.07 Å². The molecule has 0 aromatic heterocycles. The van der Waals surface area contributed by atoms with Crippen LogP contribution in [0.3, 0.4) is 0 Å². The Labute approximate surface area is 88.5 Å². The van der Waals surface area contributed by atoms with Crippen LogP contribution in [0.25, 0.3) is 0 Å². The first kappa shape index (κ1) is 11.0. The van der Waals surface area contributed by atoms with E-state index in [0.717, 1.165) is 5.56 Å². The number of hydrogen-bond donors (Lipinski definition) is 0. The van der Waals surface area contributed by atoms with Crippen LogP contribution in [0.15, 0.2) is 12.1 Å². The van der Waals surface area contributed by atoms with Gasteiger partial charge in [-0.2, -0.15) is 0 Å². The molecule has 0 spiro atoms. The van der Waals surface area contributed by atoms with Crippen molar-refractivity contribution in [2.75, 3.05) is 21.3 Å². The van der Waals surface area contributed by atoms with E-state index in [2.05, 4.69) is 0 Å². The number of rotatable bonds is 4. The molecule has 1 rings (SSSR count). The summed E-state index contributed by atoms with van der Waals surface area (Å²) in [6.45, 7) is 0. The Hall–Kier alpha value is -1.09. The summed E-state index contributed by atoms with van der Waals surface area (Å²) in [7, 11) is 4.76. The highest BCUT2D eigenvalue weighted by atomic mass is 35.5. The van der Waals surface area contributed by atoms with Crippen molar-refractivity contribution in [2.24, 2.45) is 0 Å². The molecular weight excluding hydrogens is 204 g/mol. The lowest BCUT2D eigenvalue weighted by Gasteiger charge is -2.12. The minimum absolute atomic E-state index is 0.378. The molecule has 0 aliphatic carbocycles. The van der Waals surface area contributed by atoms with Crippen LogP contribution in [0.4, 0.5) is 0 Å². The van der Waals surface area contributed by atoms with Crippen molar-refractivity contribution >= 4 is 11.6 Å². The fourth-order valence-corrected chi connectivity index (χ4v) is 1.41. The van der Waals surface area contributed by atoms with E-state index < -0.39 is 0 Å². The Bertz CT molecular complexity index is 254. The lowest BCUT2D eigenvalue weighted by Crippen LogP contribution is -1.95. The normalized spacial score (nSPS) is 9.71. The lowest BCUT2D eigenvalue weighted by molar-refractivity contribution is 0.348. The van der Waals surface area contributed by atoms with E-state index in [0.29, 0.717) is 23.1 Å². The average molecular weight is 217 g/mol. The van der Waals surface area contributed by atoms with Gasteiger partial charge in [-0.1, -0.05) is 0 Å². The van der Waals surface area contributed by atoms with Crippen molar-refractivity contribution in [1.29, 1.82) is 0 Å². The number of hydrogen-bond acceptors (Lipinski definition) is 3. The molecule has 0 heterocycles. The van der Waals surface area contributed by atoms with Crippen LogP contribution in [0.1, 0.15) is 5.56 Å². The highest BCUT2D eigenvalue weighted by molar-refractivity contribution is 6.17. The first-order valence-electron chi connectivity index (χ1n) is 4.11. The average Bonchev–Trinajstić information content (AvgIpc) is 2.26. The molecule has 3 nitrogen and oxygen atoms in total. The zero-order chi connectivity index (χ0) is 10.6. The molecule has 0 amide bonds. The molecule has 0 saturated carbocycles. The van der Waals surface area contributed by atoms with Gasteiger partial charge in [0, 0.05) is 11.6 Å². The molecule has 0 radical (unpaired) electrons. The molecule has 0 N–H and O–H groups in total. The summed E-state index contributed by atoms with van der Waals surface area (Å²) in [5.41, 5.74) is 0.881. The van der Waals surface area contributed by atoms with Crippen LogP contribution in [0.2, 0.25) is 0 Å². The fourth-order valence-electron chi connectivity index (χ4n) is 1.20. The van der Waals surface area contributed by atoms with Gasteiger partial charge in [0.2, 0.25) is 0 Å². The third-order valence-electron chi connectivity index (χ3n) is 1.93. The Morgan fingerprint density at radius 2 is 1.43 bits per heavy atom. The second-order valence-corrected chi connectivity index (χ2v) is 2.92. The summed E-state index contributed by atoms with van der Waals surface area (Å²) in [4.78, 5) is 0. The van der Waals surface area contributed by atoms with Crippen molar-refractivity contribution in [3.8, 4) is 17.2 Å². The van der Waals surface area contributed by atoms with Crippen LogP contribution >= 0.6 is 11.6 Å². The van der Waals surface area contributed by atoms with Crippen LogP contribution in [-0.2, 0) is 5.88 Å². The van der Waals surface area contributed by atoms with Gasteiger partial charge in [0.15, 0.2) is 11.5 Å². The van der Waals surface area contributed by atoms with Crippen LogP contribution < -0.4 is 14.2 Å². The smallest absolute Gasteiger partial charge is 0.164 e. The van der Waals surface area contributed by atoms with Gasteiger partial charge in [0.1, 0.15) is 5.75 Å². The first-order valence-corrected chi connectivity index (χ1v) is 4.65. The van der Waals surface area contributed by atoms with E-state index in [-0.39, 0.29) is 0 Å². The molecule has 0 unspecified atom stereocenters. The van der Waals surface area contributed by atoms with Crippen molar-refractivity contribution in [2.45, 2.75) is 5.88 Å². The standard InChI is InChI=1S/C10H13ClO3/c1-12-8-5-10(14-3)9(13-2)4-7(8)6-11/h4-5H,6H2,1-3H3. The van der Waals surface area contributed by atoms with Crippen LogP contribution in [0.5, 0.6) is 17.2 Å². The predicted octanol–water partition coefficient (Wildman–Crippen LogP) is 2.45. The van der Waals surface area contributed by atoms with Gasteiger partial charge in [0.05, 0.1) is 27.2 Å². The largest absolute Gasteiger partial charge is 0.496 e. The molecule has 0 fully saturated rings. The maximum absolute atomic E-state index is 5.76. The molecule has 0 bridgehead atoms. The van der Waals surface area contributed by atoms with E-state index in [1.165, 1.54) is 0 Å². The zero-order valence-corrected chi connectivity index (χ0v) is 9.22. The Morgan fingerprint density at radius 1 is 0.929 bits per heavy atom. The van der Waals surface area contributed by atoms with Gasteiger partial charge in [-0.3, -0.25) is 0 Å². The van der Waals surface area contributed by atoms with E-state index in [1.807, 2.05) is 6.07 Å². The van der Waals surface area contributed by atoms with Gasteiger partial charge in [-0.15, -0.1) is 11.6 Å². The maximum Gasteiger partial charge on any atom is 0.164 e. The third-order valence-corrected chi connectivity index (χ3v) is 2.22. The maximum atomic E-state index is 5.76. The summed E-state index contributed by atoms with van der Waals surface area (Å²) < 4.78 is 15.4. The highest BCUT2D eigenvalue weighted by Gasteiger charge is 2.10. The Kier molecular flexibility index (Phi) is 3.89. The monoisotopic (exact) mass is 216 g/mol. The SMILES string of the molecule is COc1cc(OC)c(OC)cc1CCl. The molecule has 1 aromatic carbocycles. The number of methoxy groups -OCH3 is 3. The van der Waals surface area contributed by atoms with E-state index in [1.54, 1.807) is 27.4 Å². The lowest BCUT2D eigenvalue weighted by atomic mass is 10.2. The summed E-state index contributed by atoms with van der Waals surface area (Å²) in [5, 5.41) is 0. The molecule has 0 aliphatic rings. The molecular formula is C10H13ClO3. The van der Waals surface area contributed by atoms with E-state index in [4.69, 9.17) is 25.8 Å². The van der Waals surface area contributed by atoms with Crippen molar-refractivity contribution in [1.82, 2.24) is 0 Å². The number of ether oxygens (including phenoxy) is 3. The zero-order valence-electron chi connectivity index (χ0n) is 8.46. The van der Waals surface area contributed by atoms with Gasteiger partial charge in [0.25, 0.3) is 0 Å². The molecule has 4 heteroatoms. The second-order valence-electron chi connectivity index (χ2n) is 2.65. The van der Waals surface area contributed by atoms with Crippen molar-refractivity contribution < 1.29 is 14.2 Å². The van der Waals surface area contributed by atoms with E-state index >= 15 is 0 Å². The van der Waals surface area contributed by atoms with Crippen molar-refractivity contribution in [3.05, 3.63) is 17.7 Å². The Balaban J connectivity index is 3.20. The summed E-state index contributed by atoms with van der Waals surface area (Å²) >= 11 is 5.76. The first-order chi connectivity index (χ1) is 6.76. The summed E-state index contributed by atoms with van der Waals surface area (Å²) in [6.07, 6.45) is 0. The Morgan fingerprint density at radius 3 is 1.86 bits per heavy atom. The third kappa shape index (κ3) is 2.04. The molecule has 78 valence electrons. The van der Waals surface area contributed by atoms with Gasteiger partial charge in [-0.25, -0.2) is 0 Å². The minimum Gasteiger partial charge on any atom is -0.496 e. The van der Waals surface area contributed by atoms with Crippen LogP contribution in [-0.4, -0.2) is 21.3 Å². The topological polar surface area (TPSA) is 27.7 Å². The molecule has 0 aliphatic heterocycles. The van der Waals surface area contributed by atoms with Crippen LogP contribution in [0, 0.1) is 0 Å². The van der Waals surface area contributed by atoms with E-state index in [9.17, 15) is 0 Å². The second kappa shape index (κ2) is 4.96. The summed E-state index contributed by atoms with van der Waals surface area (Å²) in [5.74, 6) is 2.38. The number of alkyl halides is 1. The molecule has 1 aromatic rings. The molecule has 0 atom stereocenters. The fraction of sp³-hybridized carbons (Fsp3) is 0.400. The quantitative estimate of drug-likeness (QED) is 0.724.